The van der Waals surface area contributed by atoms with E-state index in [2.05, 4.69) is 4.72 Å². The van der Waals surface area contributed by atoms with Crippen molar-refractivity contribution >= 4 is 43.1 Å². The molecule has 0 radical (unpaired) electrons. The van der Waals surface area contributed by atoms with Crippen molar-refractivity contribution in [1.82, 2.24) is 0 Å². The Morgan fingerprint density at radius 3 is 2.54 bits per heavy atom. The number of esters is 1. The highest BCUT2D eigenvalue weighted by Crippen LogP contribution is 2.40. The van der Waals surface area contributed by atoms with Gasteiger partial charge >= 0.3 is 5.97 Å². The molecule has 0 aliphatic heterocycles. The van der Waals surface area contributed by atoms with Crippen molar-refractivity contribution in [3.8, 4) is 5.75 Å². The number of fused-ring (bicyclic) bond motifs is 1. The van der Waals surface area contributed by atoms with Gasteiger partial charge in [-0.3, -0.25) is 4.72 Å². The SMILES string of the molecule is CCOc1c(C(=O)OC)sc2ccc(NS(=O)(=O)c3ccccc3)cc12. The first-order valence-corrected chi connectivity index (χ1v) is 10.1. The van der Waals surface area contributed by atoms with Gasteiger partial charge in [0.15, 0.2) is 10.6 Å². The minimum Gasteiger partial charge on any atom is -0.491 e. The summed E-state index contributed by atoms with van der Waals surface area (Å²) in [6, 6.07) is 13.2. The molecule has 26 heavy (non-hydrogen) atoms. The fourth-order valence-corrected chi connectivity index (χ4v) is 4.58. The summed E-state index contributed by atoms with van der Waals surface area (Å²) in [5, 5.41) is 0.658. The summed E-state index contributed by atoms with van der Waals surface area (Å²) in [7, 11) is -2.39. The van der Waals surface area contributed by atoms with Crippen LogP contribution >= 0.6 is 11.3 Å². The summed E-state index contributed by atoms with van der Waals surface area (Å²) in [5.41, 5.74) is 0.386. The van der Waals surface area contributed by atoms with Crippen LogP contribution in [0.2, 0.25) is 0 Å². The van der Waals surface area contributed by atoms with E-state index in [4.69, 9.17) is 9.47 Å². The van der Waals surface area contributed by atoms with Crippen molar-refractivity contribution in [1.29, 1.82) is 0 Å². The second-order valence-electron chi connectivity index (χ2n) is 5.31. The number of sulfonamides is 1. The van der Waals surface area contributed by atoms with E-state index < -0.39 is 16.0 Å². The highest BCUT2D eigenvalue weighted by Gasteiger charge is 2.21. The van der Waals surface area contributed by atoms with Gasteiger partial charge in [-0.25, -0.2) is 13.2 Å². The Morgan fingerprint density at radius 1 is 1.15 bits per heavy atom. The zero-order valence-electron chi connectivity index (χ0n) is 14.2. The third kappa shape index (κ3) is 3.51. The summed E-state index contributed by atoms with van der Waals surface area (Å²) < 4.78 is 38.8. The topological polar surface area (TPSA) is 81.7 Å². The number of rotatable bonds is 6. The Morgan fingerprint density at radius 2 is 1.88 bits per heavy atom. The Labute approximate surface area is 155 Å². The van der Waals surface area contributed by atoms with Crippen LogP contribution in [0.4, 0.5) is 5.69 Å². The molecular formula is C18H17NO5S2. The van der Waals surface area contributed by atoms with Gasteiger partial charge in [-0.2, -0.15) is 0 Å². The van der Waals surface area contributed by atoms with Gasteiger partial charge in [0.2, 0.25) is 0 Å². The van der Waals surface area contributed by atoms with Gasteiger partial charge < -0.3 is 9.47 Å². The van der Waals surface area contributed by atoms with E-state index in [1.807, 2.05) is 6.92 Å². The van der Waals surface area contributed by atoms with Crippen LogP contribution in [0.3, 0.4) is 0 Å². The predicted molar refractivity (Wildman–Crippen MR) is 102 cm³/mol. The van der Waals surface area contributed by atoms with Crippen molar-refractivity contribution in [2.75, 3.05) is 18.4 Å². The zero-order valence-corrected chi connectivity index (χ0v) is 15.8. The molecule has 0 amide bonds. The smallest absolute Gasteiger partial charge is 0.351 e. The van der Waals surface area contributed by atoms with Crippen LogP contribution in [-0.4, -0.2) is 28.1 Å². The fourth-order valence-electron chi connectivity index (χ4n) is 2.47. The maximum atomic E-state index is 12.5. The molecule has 0 unspecified atom stereocenters. The lowest BCUT2D eigenvalue weighted by Crippen LogP contribution is -2.12. The molecule has 1 aromatic heterocycles. The van der Waals surface area contributed by atoms with Crippen LogP contribution in [0.5, 0.6) is 5.75 Å². The molecule has 0 saturated carbocycles. The lowest BCUT2D eigenvalue weighted by Gasteiger charge is -2.09. The number of hydrogen-bond donors (Lipinski definition) is 1. The molecule has 1 N–H and O–H groups in total. The van der Waals surface area contributed by atoms with Crippen molar-refractivity contribution in [2.24, 2.45) is 0 Å². The molecule has 3 aromatic rings. The number of thiophene rings is 1. The zero-order chi connectivity index (χ0) is 18.7. The van der Waals surface area contributed by atoms with Gasteiger partial charge in [0.25, 0.3) is 10.0 Å². The molecule has 6 nitrogen and oxygen atoms in total. The molecule has 0 saturated heterocycles. The number of hydrogen-bond acceptors (Lipinski definition) is 6. The van der Waals surface area contributed by atoms with Crippen LogP contribution in [-0.2, 0) is 14.8 Å². The van der Waals surface area contributed by atoms with Crippen molar-refractivity contribution < 1.29 is 22.7 Å². The first kappa shape index (κ1) is 18.2. The van der Waals surface area contributed by atoms with Crippen molar-refractivity contribution in [3.63, 3.8) is 0 Å². The van der Waals surface area contributed by atoms with Gasteiger partial charge in [0.05, 0.1) is 18.6 Å². The number of carbonyl (C=O) groups is 1. The standard InChI is InChI=1S/C18H17NO5S2/c1-3-24-16-14-11-12(9-10-15(14)25-17(16)18(20)23-2)19-26(21,22)13-7-5-4-6-8-13/h4-11,19H,3H2,1-2H3. The molecule has 2 aromatic carbocycles. The molecule has 0 fully saturated rings. The second-order valence-corrected chi connectivity index (χ2v) is 8.05. The van der Waals surface area contributed by atoms with E-state index in [0.29, 0.717) is 28.3 Å². The number of ether oxygens (including phenoxy) is 2. The molecule has 0 atom stereocenters. The lowest BCUT2D eigenvalue weighted by molar-refractivity contribution is 0.0602. The summed E-state index contributed by atoms with van der Waals surface area (Å²) in [5.74, 6) is -0.0822. The number of benzene rings is 2. The maximum Gasteiger partial charge on any atom is 0.351 e. The monoisotopic (exact) mass is 391 g/mol. The van der Waals surface area contributed by atoms with E-state index in [-0.39, 0.29) is 4.90 Å². The normalized spacial score (nSPS) is 11.3. The fraction of sp³-hybridized carbons (Fsp3) is 0.167. The highest BCUT2D eigenvalue weighted by atomic mass is 32.2. The second kappa shape index (κ2) is 7.35. The molecule has 0 spiro atoms. The maximum absolute atomic E-state index is 12.5. The molecule has 136 valence electrons. The molecule has 0 aliphatic rings. The third-order valence-electron chi connectivity index (χ3n) is 3.61. The van der Waals surface area contributed by atoms with Gasteiger partial charge in [-0.05, 0) is 37.3 Å². The van der Waals surface area contributed by atoms with E-state index in [0.717, 1.165) is 4.70 Å². The summed E-state index contributed by atoms with van der Waals surface area (Å²) >= 11 is 1.24. The van der Waals surface area contributed by atoms with Crippen LogP contribution in [0.1, 0.15) is 16.6 Å². The number of methoxy groups -OCH3 is 1. The predicted octanol–water partition coefficient (Wildman–Crippen LogP) is 3.89. The minimum absolute atomic E-state index is 0.172. The first-order valence-electron chi connectivity index (χ1n) is 7.81. The lowest BCUT2D eigenvalue weighted by atomic mass is 10.2. The van der Waals surface area contributed by atoms with Gasteiger partial charge in [-0.15, -0.1) is 11.3 Å². The number of carbonyl (C=O) groups excluding carboxylic acids is 1. The summed E-state index contributed by atoms with van der Waals surface area (Å²) in [4.78, 5) is 12.5. The quantitative estimate of drug-likeness (QED) is 0.645. The first-order chi connectivity index (χ1) is 12.5. The molecule has 0 bridgehead atoms. The van der Waals surface area contributed by atoms with Crippen LogP contribution < -0.4 is 9.46 Å². The van der Waals surface area contributed by atoms with Crippen LogP contribution in [0.15, 0.2) is 53.4 Å². The number of nitrogens with one attached hydrogen (secondary N) is 1. The summed E-state index contributed by atoms with van der Waals surface area (Å²) in [6.07, 6.45) is 0. The Kier molecular flexibility index (Phi) is 5.15. The third-order valence-corrected chi connectivity index (χ3v) is 6.14. The van der Waals surface area contributed by atoms with Gasteiger partial charge in [-0.1, -0.05) is 18.2 Å². The Hall–Kier alpha value is -2.58. The molecule has 3 rings (SSSR count). The van der Waals surface area contributed by atoms with E-state index in [1.165, 1.54) is 30.6 Å². The summed E-state index contributed by atoms with van der Waals surface area (Å²) in [6.45, 7) is 2.18. The van der Waals surface area contributed by atoms with Crippen LogP contribution in [0.25, 0.3) is 10.1 Å². The Balaban J connectivity index is 2.03. The van der Waals surface area contributed by atoms with Crippen molar-refractivity contribution in [3.05, 3.63) is 53.4 Å². The van der Waals surface area contributed by atoms with E-state index in [1.54, 1.807) is 36.4 Å². The average Bonchev–Trinajstić information content (AvgIpc) is 3.00. The largest absolute Gasteiger partial charge is 0.491 e. The van der Waals surface area contributed by atoms with Gasteiger partial charge in [0, 0.05) is 15.8 Å². The van der Waals surface area contributed by atoms with E-state index in [9.17, 15) is 13.2 Å². The Bertz CT molecular complexity index is 1040. The number of anilines is 1. The minimum atomic E-state index is -3.70. The average molecular weight is 391 g/mol. The van der Waals surface area contributed by atoms with E-state index >= 15 is 0 Å². The van der Waals surface area contributed by atoms with Crippen molar-refractivity contribution in [2.45, 2.75) is 11.8 Å². The van der Waals surface area contributed by atoms with Gasteiger partial charge in [0.1, 0.15) is 0 Å². The molecule has 1 heterocycles. The molecule has 0 aliphatic carbocycles. The van der Waals surface area contributed by atoms with Crippen LogP contribution in [0, 0.1) is 0 Å². The molecular weight excluding hydrogens is 374 g/mol. The molecule has 8 heteroatoms. The highest BCUT2D eigenvalue weighted by molar-refractivity contribution is 7.92.